The maximum absolute atomic E-state index is 11.8. The number of rotatable bonds is 3. The number of hydrogen-bond donors (Lipinski definition) is 4. The number of carbonyl (C=O) groups is 1. The van der Waals surface area contributed by atoms with Crippen molar-refractivity contribution in [1.29, 1.82) is 0 Å². The van der Waals surface area contributed by atoms with Crippen LogP contribution in [0.1, 0.15) is 16.2 Å². The van der Waals surface area contributed by atoms with E-state index in [1.54, 1.807) is 31.2 Å². The highest BCUT2D eigenvalue weighted by atomic mass is 35.5. The van der Waals surface area contributed by atoms with Crippen LogP contribution in [0.3, 0.4) is 0 Å². The number of hydrazine groups is 1. The zero-order valence-electron chi connectivity index (χ0n) is 9.62. The van der Waals surface area contributed by atoms with E-state index in [0.29, 0.717) is 22.1 Å². The number of benzene rings is 1. The molecule has 0 unspecified atom stereocenters. The van der Waals surface area contributed by atoms with Gasteiger partial charge in [0.2, 0.25) is 0 Å². The van der Waals surface area contributed by atoms with Gasteiger partial charge in [-0.3, -0.25) is 20.7 Å². The van der Waals surface area contributed by atoms with Crippen LogP contribution in [-0.4, -0.2) is 16.1 Å². The van der Waals surface area contributed by atoms with Gasteiger partial charge in [0.15, 0.2) is 5.69 Å². The summed E-state index contributed by atoms with van der Waals surface area (Å²) in [5.41, 5.74) is 12.7. The predicted molar refractivity (Wildman–Crippen MR) is 70.3 cm³/mol. The van der Waals surface area contributed by atoms with Crippen LogP contribution in [0.15, 0.2) is 24.3 Å². The lowest BCUT2D eigenvalue weighted by atomic mass is 10.3. The van der Waals surface area contributed by atoms with Crippen LogP contribution in [-0.2, 0) is 0 Å². The minimum absolute atomic E-state index is 0.155. The Hall–Kier alpha value is -2.21. The normalized spacial score (nSPS) is 10.1. The molecule has 0 fully saturated rings. The molecule has 7 heteroatoms. The number of aryl methyl sites for hydroxylation is 1. The lowest BCUT2D eigenvalue weighted by molar-refractivity contribution is 0.0958. The number of hydrogen-bond acceptors (Lipinski definition) is 4. The third-order valence-electron chi connectivity index (χ3n) is 2.35. The van der Waals surface area contributed by atoms with Crippen LogP contribution in [0.25, 0.3) is 0 Å². The Morgan fingerprint density at radius 1 is 1.50 bits per heavy atom. The van der Waals surface area contributed by atoms with Gasteiger partial charge in [-0.1, -0.05) is 17.7 Å². The van der Waals surface area contributed by atoms with Gasteiger partial charge in [0, 0.05) is 5.02 Å². The lowest BCUT2D eigenvalue weighted by Gasteiger charge is -2.07. The molecule has 0 aliphatic heterocycles. The van der Waals surface area contributed by atoms with Crippen molar-refractivity contribution in [2.75, 3.05) is 11.2 Å². The molecule has 2 rings (SSSR count). The van der Waals surface area contributed by atoms with E-state index in [9.17, 15) is 4.79 Å². The van der Waals surface area contributed by atoms with Gasteiger partial charge in [0.1, 0.15) is 0 Å². The van der Waals surface area contributed by atoms with E-state index in [-0.39, 0.29) is 5.69 Å². The average molecular weight is 266 g/mol. The van der Waals surface area contributed by atoms with E-state index in [2.05, 4.69) is 21.0 Å². The number of nitrogens with one attached hydrogen (secondary N) is 3. The van der Waals surface area contributed by atoms with Crippen LogP contribution in [0.5, 0.6) is 0 Å². The molecule has 0 bridgehead atoms. The monoisotopic (exact) mass is 265 g/mol. The minimum Gasteiger partial charge on any atom is -0.395 e. The first kappa shape index (κ1) is 12.3. The number of aromatic nitrogens is 2. The van der Waals surface area contributed by atoms with Crippen molar-refractivity contribution in [2.24, 2.45) is 0 Å². The molecule has 0 saturated carbocycles. The largest absolute Gasteiger partial charge is 0.395 e. The Bertz CT molecular complexity index is 581. The Kier molecular flexibility index (Phi) is 3.38. The van der Waals surface area contributed by atoms with E-state index < -0.39 is 5.91 Å². The summed E-state index contributed by atoms with van der Waals surface area (Å²) >= 11 is 5.82. The highest BCUT2D eigenvalue weighted by Gasteiger charge is 2.14. The fourth-order valence-electron chi connectivity index (χ4n) is 1.37. The van der Waals surface area contributed by atoms with Gasteiger partial charge < -0.3 is 5.73 Å². The quantitative estimate of drug-likeness (QED) is 0.635. The Balaban J connectivity index is 2.03. The molecule has 94 valence electrons. The summed E-state index contributed by atoms with van der Waals surface area (Å²) in [6.07, 6.45) is 0. The molecule has 1 aromatic heterocycles. The molecule has 0 atom stereocenters. The Labute approximate surface area is 108 Å². The van der Waals surface area contributed by atoms with Gasteiger partial charge in [0.05, 0.1) is 17.1 Å². The first-order valence-corrected chi connectivity index (χ1v) is 5.58. The van der Waals surface area contributed by atoms with Crippen molar-refractivity contribution in [1.82, 2.24) is 15.6 Å². The molecule has 6 nitrogen and oxygen atoms in total. The standard InChI is InChI=1S/C11H12ClN5O/c1-6-9(13)10(16-14-6)11(18)17-15-8-4-2-3-7(12)5-8/h2-5,15H,13H2,1H3,(H,14,16)(H,17,18). The second-order valence-electron chi connectivity index (χ2n) is 3.70. The molecular weight excluding hydrogens is 254 g/mol. The van der Waals surface area contributed by atoms with Crippen molar-refractivity contribution in [3.05, 3.63) is 40.7 Å². The number of nitrogens with zero attached hydrogens (tertiary/aromatic N) is 1. The van der Waals surface area contributed by atoms with E-state index in [4.69, 9.17) is 17.3 Å². The van der Waals surface area contributed by atoms with Gasteiger partial charge in [-0.05, 0) is 25.1 Å². The van der Waals surface area contributed by atoms with E-state index in [1.807, 2.05) is 0 Å². The summed E-state index contributed by atoms with van der Waals surface area (Å²) in [6.45, 7) is 1.74. The van der Waals surface area contributed by atoms with Gasteiger partial charge in [0.25, 0.3) is 5.91 Å². The first-order chi connectivity index (χ1) is 8.58. The number of anilines is 2. The molecule has 18 heavy (non-hydrogen) atoms. The molecule has 0 saturated heterocycles. The predicted octanol–water partition coefficient (Wildman–Crippen LogP) is 1.71. The molecule has 5 N–H and O–H groups in total. The van der Waals surface area contributed by atoms with Crippen LogP contribution < -0.4 is 16.6 Å². The Morgan fingerprint density at radius 2 is 2.28 bits per heavy atom. The lowest BCUT2D eigenvalue weighted by Crippen LogP contribution is -2.30. The Morgan fingerprint density at radius 3 is 2.89 bits per heavy atom. The van der Waals surface area contributed by atoms with Gasteiger partial charge in [-0.2, -0.15) is 5.10 Å². The molecule has 0 aliphatic carbocycles. The molecular formula is C11H12ClN5O. The molecule has 0 aliphatic rings. The second kappa shape index (κ2) is 4.97. The molecule has 1 aromatic carbocycles. The fourth-order valence-corrected chi connectivity index (χ4v) is 1.56. The highest BCUT2D eigenvalue weighted by molar-refractivity contribution is 6.30. The smallest absolute Gasteiger partial charge is 0.292 e. The van der Waals surface area contributed by atoms with E-state index in [1.165, 1.54) is 0 Å². The van der Waals surface area contributed by atoms with Crippen molar-refractivity contribution in [2.45, 2.75) is 6.92 Å². The fraction of sp³-hybridized carbons (Fsp3) is 0.0909. The highest BCUT2D eigenvalue weighted by Crippen LogP contribution is 2.15. The summed E-state index contributed by atoms with van der Waals surface area (Å²) in [6, 6.07) is 6.96. The molecule has 0 radical (unpaired) electrons. The molecule has 2 aromatic rings. The van der Waals surface area contributed by atoms with Gasteiger partial charge >= 0.3 is 0 Å². The summed E-state index contributed by atoms with van der Waals surface area (Å²) < 4.78 is 0. The number of amides is 1. The molecule has 0 spiro atoms. The topological polar surface area (TPSA) is 95.8 Å². The number of H-pyrrole nitrogens is 1. The zero-order chi connectivity index (χ0) is 13.1. The first-order valence-electron chi connectivity index (χ1n) is 5.20. The van der Waals surface area contributed by atoms with Crippen molar-refractivity contribution < 1.29 is 4.79 Å². The third kappa shape index (κ3) is 2.54. The molecule has 1 heterocycles. The zero-order valence-corrected chi connectivity index (χ0v) is 10.4. The van der Waals surface area contributed by atoms with Gasteiger partial charge in [-0.25, -0.2) is 0 Å². The average Bonchev–Trinajstić information content (AvgIpc) is 2.67. The van der Waals surface area contributed by atoms with Gasteiger partial charge in [-0.15, -0.1) is 0 Å². The molecule has 1 amide bonds. The number of nitrogen functional groups attached to an aromatic ring is 1. The van der Waals surface area contributed by atoms with Crippen LogP contribution in [0, 0.1) is 6.92 Å². The summed E-state index contributed by atoms with van der Waals surface area (Å²) in [7, 11) is 0. The van der Waals surface area contributed by atoms with Crippen LogP contribution in [0.2, 0.25) is 5.02 Å². The number of nitrogens with two attached hydrogens (primary N) is 1. The number of carbonyl (C=O) groups excluding carboxylic acids is 1. The summed E-state index contributed by atoms with van der Waals surface area (Å²) in [4.78, 5) is 11.8. The van der Waals surface area contributed by atoms with Crippen molar-refractivity contribution in [3.8, 4) is 0 Å². The van der Waals surface area contributed by atoms with E-state index in [0.717, 1.165) is 0 Å². The maximum atomic E-state index is 11.8. The van der Waals surface area contributed by atoms with Crippen LogP contribution in [0.4, 0.5) is 11.4 Å². The SMILES string of the molecule is Cc1[nH]nc(C(=O)NNc2cccc(Cl)c2)c1N. The third-order valence-corrected chi connectivity index (χ3v) is 2.59. The van der Waals surface area contributed by atoms with E-state index >= 15 is 0 Å². The number of halogens is 1. The summed E-state index contributed by atoms with van der Waals surface area (Å²) in [5.74, 6) is -0.420. The van der Waals surface area contributed by atoms with Crippen molar-refractivity contribution >= 4 is 28.9 Å². The number of aromatic amines is 1. The minimum atomic E-state index is -0.420. The summed E-state index contributed by atoms with van der Waals surface area (Å²) in [5, 5.41) is 7.03. The van der Waals surface area contributed by atoms with Crippen molar-refractivity contribution in [3.63, 3.8) is 0 Å². The van der Waals surface area contributed by atoms with Crippen LogP contribution >= 0.6 is 11.6 Å². The second-order valence-corrected chi connectivity index (χ2v) is 4.14. The maximum Gasteiger partial charge on any atom is 0.292 e.